The molecule has 0 aromatic rings. The van der Waals surface area contributed by atoms with E-state index in [1.807, 2.05) is 13.8 Å². The molecule has 0 saturated heterocycles. The van der Waals surface area contributed by atoms with Crippen molar-refractivity contribution in [1.29, 1.82) is 0 Å². The molecule has 2 N–H and O–H groups in total. The highest BCUT2D eigenvalue weighted by atomic mass is 16.3. The molecule has 0 fully saturated rings. The lowest BCUT2D eigenvalue weighted by Crippen LogP contribution is -2.30. The van der Waals surface area contributed by atoms with Gasteiger partial charge in [0, 0.05) is 19.3 Å². The van der Waals surface area contributed by atoms with E-state index in [0.29, 0.717) is 25.7 Å². The van der Waals surface area contributed by atoms with Crippen LogP contribution in [0, 0.1) is 0 Å². The molecule has 4 heteroatoms. The second kappa shape index (κ2) is 11.8. The first-order valence-electron chi connectivity index (χ1n) is 8.49. The summed E-state index contributed by atoms with van der Waals surface area (Å²) < 4.78 is 0. The Bertz CT molecular complexity index is 314. The molecule has 0 heterocycles. The number of unbranched alkanes of at least 4 members (excludes halogenated alkanes) is 2. The molecular weight excluding hydrogens is 280 g/mol. The second-order valence-corrected chi connectivity index (χ2v) is 6.76. The van der Waals surface area contributed by atoms with Crippen molar-refractivity contribution in [3.8, 4) is 0 Å². The summed E-state index contributed by atoms with van der Waals surface area (Å²) in [5.74, 6) is 0.0920. The van der Waals surface area contributed by atoms with Crippen molar-refractivity contribution in [2.24, 2.45) is 0 Å². The maximum atomic E-state index is 11.1. The van der Waals surface area contributed by atoms with Gasteiger partial charge in [0.1, 0.15) is 11.4 Å². The largest absolute Gasteiger partial charge is 0.390 e. The molecule has 0 aromatic carbocycles. The number of aliphatic hydroxyl groups is 2. The van der Waals surface area contributed by atoms with Crippen molar-refractivity contribution in [2.45, 2.75) is 104 Å². The number of carbonyl (C=O) groups is 2. The fourth-order valence-corrected chi connectivity index (χ4v) is 2.02. The average Bonchev–Trinajstić information content (AvgIpc) is 2.37. The summed E-state index contributed by atoms with van der Waals surface area (Å²) in [5, 5.41) is 18.8. The topological polar surface area (TPSA) is 74.6 Å². The van der Waals surface area contributed by atoms with Gasteiger partial charge in [-0.1, -0.05) is 40.0 Å². The number of hydrogen-bond acceptors (Lipinski definition) is 4. The first-order chi connectivity index (χ1) is 10.00. The Balaban J connectivity index is 0. The predicted molar refractivity (Wildman–Crippen MR) is 90.9 cm³/mol. The first-order valence-corrected chi connectivity index (χ1v) is 8.49. The Kier molecular flexibility index (Phi) is 12.6. The molecule has 0 bridgehead atoms. The average molecular weight is 316 g/mol. The lowest BCUT2D eigenvalue weighted by Gasteiger charge is -2.20. The first kappa shape index (κ1) is 23.5. The molecule has 0 rings (SSSR count). The molecule has 0 aliphatic rings. The van der Waals surface area contributed by atoms with Crippen LogP contribution in [0.2, 0.25) is 0 Å². The zero-order valence-electron chi connectivity index (χ0n) is 15.4. The second-order valence-electron chi connectivity index (χ2n) is 6.76. The Hall–Kier alpha value is -0.740. The number of Topliss-reactive ketones (excluding diaryl/α,β-unsaturated/α-hetero) is 2. The third-order valence-electron chi connectivity index (χ3n) is 3.45. The maximum absolute atomic E-state index is 11.1. The third-order valence-corrected chi connectivity index (χ3v) is 3.45. The molecule has 0 aliphatic heterocycles. The van der Waals surface area contributed by atoms with Gasteiger partial charge in [0.25, 0.3) is 0 Å². The minimum Gasteiger partial charge on any atom is -0.390 e. The van der Waals surface area contributed by atoms with E-state index in [4.69, 9.17) is 0 Å². The van der Waals surface area contributed by atoms with E-state index in [1.165, 1.54) is 0 Å². The van der Waals surface area contributed by atoms with Gasteiger partial charge in [-0.3, -0.25) is 9.59 Å². The van der Waals surface area contributed by atoms with Crippen molar-refractivity contribution >= 4 is 11.6 Å². The van der Waals surface area contributed by atoms with E-state index in [2.05, 4.69) is 6.92 Å². The van der Waals surface area contributed by atoms with Gasteiger partial charge in [-0.15, -0.1) is 0 Å². The molecule has 0 saturated carbocycles. The minimum absolute atomic E-state index is 0.0500. The van der Waals surface area contributed by atoms with Crippen LogP contribution in [-0.4, -0.2) is 33.0 Å². The van der Waals surface area contributed by atoms with Crippen LogP contribution in [0.5, 0.6) is 0 Å². The molecule has 4 nitrogen and oxygen atoms in total. The summed E-state index contributed by atoms with van der Waals surface area (Å²) >= 11 is 0. The van der Waals surface area contributed by atoms with E-state index in [1.54, 1.807) is 20.8 Å². The van der Waals surface area contributed by atoms with Gasteiger partial charge in [0.2, 0.25) is 0 Å². The highest BCUT2D eigenvalue weighted by Crippen LogP contribution is 2.17. The van der Waals surface area contributed by atoms with Crippen LogP contribution in [0.1, 0.15) is 92.9 Å². The molecule has 0 aromatic heterocycles. The Morgan fingerprint density at radius 2 is 1.45 bits per heavy atom. The minimum atomic E-state index is -1.13. The number of ketones is 2. The van der Waals surface area contributed by atoms with Crippen molar-refractivity contribution in [3.05, 3.63) is 0 Å². The zero-order chi connectivity index (χ0) is 17.8. The third kappa shape index (κ3) is 14.2. The van der Waals surface area contributed by atoms with Gasteiger partial charge in [-0.25, -0.2) is 0 Å². The Labute approximate surface area is 136 Å². The van der Waals surface area contributed by atoms with Gasteiger partial charge < -0.3 is 10.2 Å². The van der Waals surface area contributed by atoms with Crippen molar-refractivity contribution < 1.29 is 19.8 Å². The maximum Gasteiger partial charge on any atom is 0.163 e. The van der Waals surface area contributed by atoms with E-state index in [0.717, 1.165) is 25.7 Å². The van der Waals surface area contributed by atoms with Crippen molar-refractivity contribution in [2.75, 3.05) is 0 Å². The zero-order valence-corrected chi connectivity index (χ0v) is 15.4. The highest BCUT2D eigenvalue weighted by Gasteiger charge is 2.22. The van der Waals surface area contributed by atoms with Crippen LogP contribution < -0.4 is 0 Å². The van der Waals surface area contributed by atoms with Crippen LogP contribution in [0.3, 0.4) is 0 Å². The normalized spacial score (nSPS) is 13.8. The summed E-state index contributed by atoms with van der Waals surface area (Å²) in [6, 6.07) is 0. The molecule has 0 amide bonds. The fourth-order valence-electron chi connectivity index (χ4n) is 2.02. The summed E-state index contributed by atoms with van der Waals surface area (Å²) in [5.41, 5.74) is -1.91. The number of carbonyl (C=O) groups excluding carboxylic acids is 2. The predicted octanol–water partition coefficient (Wildman–Crippen LogP) is 3.81. The molecule has 1 unspecified atom stereocenters. The summed E-state index contributed by atoms with van der Waals surface area (Å²) in [6.45, 7) is 10.7. The monoisotopic (exact) mass is 316 g/mol. The lowest BCUT2D eigenvalue weighted by molar-refractivity contribution is -0.134. The highest BCUT2D eigenvalue weighted by molar-refractivity contribution is 5.86. The molecular formula is C18H36O4. The number of hydrogen-bond donors (Lipinski definition) is 2. The standard InChI is InChI=1S/2C9H18O2/c1-4-5-6-7-8(10)9(2,3)11;1-4-6-9(3,11)7-8(10)5-2/h2*11H,4-7H2,1-3H3. The Morgan fingerprint density at radius 1 is 0.909 bits per heavy atom. The van der Waals surface area contributed by atoms with E-state index in [-0.39, 0.29) is 11.6 Å². The molecule has 22 heavy (non-hydrogen) atoms. The van der Waals surface area contributed by atoms with Gasteiger partial charge in [0.05, 0.1) is 5.60 Å². The molecule has 0 aliphatic carbocycles. The van der Waals surface area contributed by atoms with Gasteiger partial charge in [0.15, 0.2) is 5.78 Å². The summed E-state index contributed by atoms with van der Waals surface area (Å²) in [4.78, 5) is 22.0. The van der Waals surface area contributed by atoms with Crippen LogP contribution in [-0.2, 0) is 9.59 Å². The number of rotatable bonds is 10. The van der Waals surface area contributed by atoms with E-state index < -0.39 is 11.2 Å². The van der Waals surface area contributed by atoms with Gasteiger partial charge >= 0.3 is 0 Å². The van der Waals surface area contributed by atoms with Gasteiger partial charge in [-0.05, 0) is 33.6 Å². The van der Waals surface area contributed by atoms with Crippen LogP contribution in [0.15, 0.2) is 0 Å². The van der Waals surface area contributed by atoms with Crippen LogP contribution in [0.4, 0.5) is 0 Å². The van der Waals surface area contributed by atoms with E-state index in [9.17, 15) is 19.8 Å². The molecule has 0 radical (unpaired) electrons. The summed E-state index contributed by atoms with van der Waals surface area (Å²) in [6.07, 6.45) is 6.05. The van der Waals surface area contributed by atoms with E-state index >= 15 is 0 Å². The quantitative estimate of drug-likeness (QED) is 0.601. The van der Waals surface area contributed by atoms with Gasteiger partial charge in [-0.2, -0.15) is 0 Å². The SMILES string of the molecule is CCCC(C)(O)CC(=O)CC.CCCCCC(=O)C(C)(C)O. The Morgan fingerprint density at radius 3 is 1.82 bits per heavy atom. The molecule has 132 valence electrons. The summed E-state index contributed by atoms with van der Waals surface area (Å²) in [7, 11) is 0. The molecule has 1 atom stereocenters. The smallest absolute Gasteiger partial charge is 0.163 e. The fraction of sp³-hybridized carbons (Fsp3) is 0.889. The van der Waals surface area contributed by atoms with Crippen molar-refractivity contribution in [3.63, 3.8) is 0 Å². The van der Waals surface area contributed by atoms with Crippen LogP contribution in [0.25, 0.3) is 0 Å². The molecule has 0 spiro atoms. The van der Waals surface area contributed by atoms with Crippen LogP contribution >= 0.6 is 0 Å². The lowest BCUT2D eigenvalue weighted by atomic mass is 9.93. The van der Waals surface area contributed by atoms with Crippen molar-refractivity contribution in [1.82, 2.24) is 0 Å².